The van der Waals surface area contributed by atoms with Crippen LogP contribution in [0.1, 0.15) is 15.9 Å². The molecule has 0 aliphatic rings. The first-order valence-electron chi connectivity index (χ1n) is 4.49. The minimum atomic E-state index is -0.653. The van der Waals surface area contributed by atoms with Gasteiger partial charge in [0.1, 0.15) is 17.1 Å². The molecular weight excluding hydrogens is 210 g/mol. The van der Waals surface area contributed by atoms with Crippen molar-refractivity contribution < 1.29 is 19.4 Å². The number of carbonyl (C=O) groups is 1. The van der Waals surface area contributed by atoms with Crippen LogP contribution in [-0.4, -0.2) is 25.3 Å². The summed E-state index contributed by atoms with van der Waals surface area (Å²) in [4.78, 5) is 11.3. The second-order valence-corrected chi connectivity index (χ2v) is 3.01. The van der Waals surface area contributed by atoms with Crippen molar-refractivity contribution in [1.82, 2.24) is 0 Å². The van der Waals surface area contributed by atoms with E-state index >= 15 is 0 Å². The summed E-state index contributed by atoms with van der Waals surface area (Å²) in [5, 5.41) is 18.2. The van der Waals surface area contributed by atoms with Crippen molar-refractivity contribution in [2.45, 2.75) is 6.42 Å². The maximum atomic E-state index is 11.3. The Morgan fingerprint density at radius 2 is 2.19 bits per heavy atom. The third-order valence-corrected chi connectivity index (χ3v) is 2.07. The maximum absolute atomic E-state index is 11.3. The van der Waals surface area contributed by atoms with Crippen LogP contribution in [0.4, 0.5) is 0 Å². The summed E-state index contributed by atoms with van der Waals surface area (Å²) < 4.78 is 9.48. The molecule has 0 bridgehead atoms. The first kappa shape index (κ1) is 11.9. The highest BCUT2D eigenvalue weighted by Gasteiger charge is 2.15. The molecule has 0 heterocycles. The SMILES string of the molecule is COC(=O)c1cc(CC#N)c(OC)cc1O. The summed E-state index contributed by atoms with van der Waals surface area (Å²) in [6.45, 7) is 0. The molecule has 84 valence electrons. The summed E-state index contributed by atoms with van der Waals surface area (Å²) in [5.41, 5.74) is 0.553. The average Bonchev–Trinajstić information content (AvgIpc) is 2.30. The van der Waals surface area contributed by atoms with E-state index in [9.17, 15) is 9.90 Å². The van der Waals surface area contributed by atoms with E-state index in [1.54, 1.807) is 0 Å². The summed E-state index contributed by atoms with van der Waals surface area (Å²) >= 11 is 0. The third kappa shape index (κ3) is 2.23. The van der Waals surface area contributed by atoms with Gasteiger partial charge >= 0.3 is 5.97 Å². The van der Waals surface area contributed by atoms with Gasteiger partial charge in [-0.15, -0.1) is 0 Å². The van der Waals surface area contributed by atoms with E-state index < -0.39 is 5.97 Å². The van der Waals surface area contributed by atoms with Gasteiger partial charge in [-0.05, 0) is 6.07 Å². The lowest BCUT2D eigenvalue weighted by molar-refractivity contribution is 0.0597. The van der Waals surface area contributed by atoms with Crippen molar-refractivity contribution in [2.24, 2.45) is 0 Å². The number of rotatable bonds is 3. The molecule has 0 fully saturated rings. The second-order valence-electron chi connectivity index (χ2n) is 3.01. The van der Waals surface area contributed by atoms with Gasteiger partial charge in [-0.2, -0.15) is 5.26 Å². The van der Waals surface area contributed by atoms with Gasteiger partial charge in [0.25, 0.3) is 0 Å². The molecule has 1 aromatic carbocycles. The fourth-order valence-electron chi connectivity index (χ4n) is 1.30. The van der Waals surface area contributed by atoms with Gasteiger partial charge in [0.2, 0.25) is 0 Å². The number of methoxy groups -OCH3 is 2. The highest BCUT2D eigenvalue weighted by atomic mass is 16.5. The predicted octanol–water partition coefficient (Wildman–Crippen LogP) is 1.25. The van der Waals surface area contributed by atoms with Gasteiger partial charge in [0, 0.05) is 11.6 Å². The Bertz CT molecular complexity index is 448. The number of hydrogen-bond acceptors (Lipinski definition) is 5. The first-order chi connectivity index (χ1) is 7.63. The number of aromatic hydroxyl groups is 1. The third-order valence-electron chi connectivity index (χ3n) is 2.07. The molecule has 0 radical (unpaired) electrons. The quantitative estimate of drug-likeness (QED) is 0.777. The van der Waals surface area contributed by atoms with Crippen LogP contribution in [0.25, 0.3) is 0 Å². The van der Waals surface area contributed by atoms with Crippen LogP contribution in [0, 0.1) is 11.3 Å². The molecular formula is C11H11NO4. The zero-order valence-corrected chi connectivity index (χ0v) is 8.98. The van der Waals surface area contributed by atoms with Crippen LogP contribution in [0.3, 0.4) is 0 Å². The van der Waals surface area contributed by atoms with Crippen LogP contribution >= 0.6 is 0 Å². The molecule has 5 heteroatoms. The number of carbonyl (C=O) groups excluding carboxylic acids is 1. The Kier molecular flexibility index (Phi) is 3.72. The van der Waals surface area contributed by atoms with E-state index in [2.05, 4.69) is 4.74 Å². The molecule has 5 nitrogen and oxygen atoms in total. The Morgan fingerprint density at radius 3 is 2.69 bits per heavy atom. The number of ether oxygens (including phenoxy) is 2. The van der Waals surface area contributed by atoms with Crippen molar-refractivity contribution in [1.29, 1.82) is 5.26 Å². The Labute approximate surface area is 92.8 Å². The number of nitriles is 1. The fourth-order valence-corrected chi connectivity index (χ4v) is 1.30. The topological polar surface area (TPSA) is 79.6 Å². The number of nitrogens with zero attached hydrogens (tertiary/aromatic N) is 1. The van der Waals surface area contributed by atoms with E-state index in [0.29, 0.717) is 11.3 Å². The number of hydrogen-bond donors (Lipinski definition) is 1. The fraction of sp³-hybridized carbons (Fsp3) is 0.273. The summed E-state index contributed by atoms with van der Waals surface area (Å²) in [6.07, 6.45) is 0.0907. The molecule has 0 unspecified atom stereocenters. The van der Waals surface area contributed by atoms with Crippen LogP contribution in [0.2, 0.25) is 0 Å². The van der Waals surface area contributed by atoms with Crippen LogP contribution in [-0.2, 0) is 11.2 Å². The lowest BCUT2D eigenvalue weighted by Crippen LogP contribution is -2.03. The monoisotopic (exact) mass is 221 g/mol. The van der Waals surface area contributed by atoms with Gasteiger partial charge < -0.3 is 14.6 Å². The molecule has 0 saturated carbocycles. The van der Waals surface area contributed by atoms with Crippen molar-refractivity contribution in [3.63, 3.8) is 0 Å². The Morgan fingerprint density at radius 1 is 1.50 bits per heavy atom. The molecule has 0 aliphatic carbocycles. The summed E-state index contributed by atoms with van der Waals surface area (Å²) in [6, 6.07) is 4.63. The van der Waals surface area contributed by atoms with E-state index in [1.807, 2.05) is 6.07 Å². The molecule has 0 saturated heterocycles. The van der Waals surface area contributed by atoms with Crippen molar-refractivity contribution in [2.75, 3.05) is 14.2 Å². The van der Waals surface area contributed by atoms with Crippen LogP contribution in [0.15, 0.2) is 12.1 Å². The minimum Gasteiger partial charge on any atom is -0.507 e. The average molecular weight is 221 g/mol. The van der Waals surface area contributed by atoms with E-state index in [4.69, 9.17) is 10.00 Å². The normalized spacial score (nSPS) is 9.31. The van der Waals surface area contributed by atoms with Gasteiger partial charge in [-0.1, -0.05) is 0 Å². The Balaban J connectivity index is 3.28. The molecule has 0 aromatic heterocycles. The first-order valence-corrected chi connectivity index (χ1v) is 4.49. The Hall–Kier alpha value is -2.22. The molecule has 1 N–H and O–H groups in total. The second kappa shape index (κ2) is 5.03. The molecule has 16 heavy (non-hydrogen) atoms. The van der Waals surface area contributed by atoms with Crippen molar-refractivity contribution in [3.8, 4) is 17.6 Å². The van der Waals surface area contributed by atoms with E-state index in [-0.39, 0.29) is 17.7 Å². The van der Waals surface area contributed by atoms with Gasteiger partial charge in [-0.25, -0.2) is 4.79 Å². The van der Waals surface area contributed by atoms with E-state index in [1.165, 1.54) is 26.4 Å². The smallest absolute Gasteiger partial charge is 0.341 e. The summed E-state index contributed by atoms with van der Waals surface area (Å²) in [5.74, 6) is -0.517. The molecule has 0 aliphatic heterocycles. The van der Waals surface area contributed by atoms with Gasteiger partial charge in [0.05, 0.1) is 26.7 Å². The lowest BCUT2D eigenvalue weighted by Gasteiger charge is -2.09. The number of esters is 1. The predicted molar refractivity (Wildman–Crippen MR) is 55.3 cm³/mol. The van der Waals surface area contributed by atoms with E-state index in [0.717, 1.165) is 0 Å². The minimum absolute atomic E-state index is 0.0218. The molecule has 0 amide bonds. The van der Waals surface area contributed by atoms with Crippen LogP contribution < -0.4 is 4.74 Å². The molecule has 1 aromatic rings. The van der Waals surface area contributed by atoms with Gasteiger partial charge in [-0.3, -0.25) is 0 Å². The number of benzene rings is 1. The van der Waals surface area contributed by atoms with Gasteiger partial charge in [0.15, 0.2) is 0 Å². The molecule has 0 spiro atoms. The largest absolute Gasteiger partial charge is 0.507 e. The highest BCUT2D eigenvalue weighted by molar-refractivity contribution is 5.93. The standard InChI is InChI=1S/C11H11NO4/c1-15-10-6-9(13)8(11(14)16-2)5-7(10)3-4-12/h5-6,13H,3H2,1-2H3. The number of phenols is 1. The molecule has 1 rings (SSSR count). The zero-order valence-electron chi connectivity index (χ0n) is 8.98. The van der Waals surface area contributed by atoms with Crippen molar-refractivity contribution in [3.05, 3.63) is 23.3 Å². The van der Waals surface area contributed by atoms with Crippen LogP contribution in [0.5, 0.6) is 11.5 Å². The highest BCUT2D eigenvalue weighted by Crippen LogP contribution is 2.28. The lowest BCUT2D eigenvalue weighted by atomic mass is 10.1. The molecule has 0 atom stereocenters. The number of phenolic OH excluding ortho intramolecular Hbond substituents is 1. The summed E-state index contributed by atoms with van der Waals surface area (Å²) in [7, 11) is 2.64. The van der Waals surface area contributed by atoms with Crippen molar-refractivity contribution >= 4 is 5.97 Å². The zero-order chi connectivity index (χ0) is 12.1. The maximum Gasteiger partial charge on any atom is 0.341 e.